The van der Waals surface area contributed by atoms with E-state index in [1.54, 1.807) is 36.4 Å². The first-order valence-corrected chi connectivity index (χ1v) is 12.7. The fourth-order valence-corrected chi connectivity index (χ4v) is 4.58. The molecular weight excluding hydrogens is 496 g/mol. The molecule has 0 saturated carbocycles. The molecule has 0 bridgehead atoms. The summed E-state index contributed by atoms with van der Waals surface area (Å²) in [6, 6.07) is 16.3. The molecule has 9 nitrogen and oxygen atoms in total. The number of ether oxygens (including phenoxy) is 1. The van der Waals surface area contributed by atoms with Crippen LogP contribution in [0.15, 0.2) is 77.2 Å². The molecule has 0 unspecified atom stereocenters. The van der Waals surface area contributed by atoms with Gasteiger partial charge in [0.25, 0.3) is 11.8 Å². The van der Waals surface area contributed by atoms with Gasteiger partial charge in [0.1, 0.15) is 16.2 Å². The van der Waals surface area contributed by atoms with Gasteiger partial charge in [-0.3, -0.25) is 14.9 Å². The van der Waals surface area contributed by atoms with Crippen LogP contribution in [0.5, 0.6) is 11.5 Å². The Labute approximate surface area is 214 Å². The highest BCUT2D eigenvalue weighted by Gasteiger charge is 2.37. The minimum atomic E-state index is -4.25. The molecule has 1 N–H and O–H groups in total. The van der Waals surface area contributed by atoms with Crippen LogP contribution in [0.4, 0.5) is 10.5 Å². The molecule has 0 aromatic heterocycles. The molecule has 0 radical (unpaired) electrons. The van der Waals surface area contributed by atoms with Crippen molar-refractivity contribution in [3.8, 4) is 11.5 Å². The van der Waals surface area contributed by atoms with Gasteiger partial charge in [0.15, 0.2) is 5.75 Å². The first-order valence-electron chi connectivity index (χ1n) is 11.3. The van der Waals surface area contributed by atoms with Crippen LogP contribution in [0.3, 0.4) is 0 Å². The average Bonchev–Trinajstić information content (AvgIpc) is 2.87. The second-order valence-electron chi connectivity index (χ2n) is 8.23. The number of rotatable bonds is 7. The number of hydrogen-bond acceptors (Lipinski definition) is 7. The van der Waals surface area contributed by atoms with Crippen molar-refractivity contribution in [2.24, 2.45) is 0 Å². The first kappa shape index (κ1) is 25.6. The summed E-state index contributed by atoms with van der Waals surface area (Å²) < 4.78 is 36.5. The van der Waals surface area contributed by atoms with E-state index >= 15 is 0 Å². The quantitative estimate of drug-likeness (QED) is 0.284. The van der Waals surface area contributed by atoms with Crippen LogP contribution in [0.2, 0.25) is 0 Å². The van der Waals surface area contributed by atoms with Crippen LogP contribution in [0.1, 0.15) is 23.6 Å². The largest absolute Gasteiger partial charge is 0.497 e. The van der Waals surface area contributed by atoms with Crippen LogP contribution in [-0.2, 0) is 26.1 Å². The van der Waals surface area contributed by atoms with Crippen LogP contribution in [0, 0.1) is 6.92 Å². The number of methoxy groups -OCH3 is 1. The molecule has 37 heavy (non-hydrogen) atoms. The van der Waals surface area contributed by atoms with Gasteiger partial charge in [0.05, 0.1) is 12.8 Å². The third-order valence-corrected chi connectivity index (χ3v) is 6.98. The predicted octanol–water partition coefficient (Wildman–Crippen LogP) is 4.00. The van der Waals surface area contributed by atoms with Crippen LogP contribution >= 0.6 is 0 Å². The topological polar surface area (TPSA) is 119 Å². The Kier molecular flexibility index (Phi) is 7.12. The number of nitrogens with zero attached hydrogens (tertiary/aromatic N) is 1. The smallest absolute Gasteiger partial charge is 0.339 e. The van der Waals surface area contributed by atoms with Gasteiger partial charge in [-0.1, -0.05) is 36.8 Å². The van der Waals surface area contributed by atoms with Gasteiger partial charge in [0.2, 0.25) is 0 Å². The van der Waals surface area contributed by atoms with Gasteiger partial charge >= 0.3 is 16.1 Å². The zero-order chi connectivity index (χ0) is 26.7. The number of aryl methyl sites for hydroxylation is 2. The summed E-state index contributed by atoms with van der Waals surface area (Å²) in [4.78, 5) is 39.2. The Morgan fingerprint density at radius 3 is 2.24 bits per heavy atom. The molecule has 1 fully saturated rings. The lowest BCUT2D eigenvalue weighted by Gasteiger charge is -2.26. The van der Waals surface area contributed by atoms with E-state index in [0.717, 1.165) is 22.4 Å². The lowest BCUT2D eigenvalue weighted by atomic mass is 10.1. The van der Waals surface area contributed by atoms with Crippen molar-refractivity contribution >= 4 is 39.7 Å². The van der Waals surface area contributed by atoms with Gasteiger partial charge in [0, 0.05) is 11.6 Å². The number of amides is 4. The Morgan fingerprint density at radius 2 is 1.62 bits per heavy atom. The molecule has 190 valence electrons. The van der Waals surface area contributed by atoms with E-state index in [4.69, 9.17) is 8.92 Å². The van der Waals surface area contributed by atoms with E-state index in [1.807, 2.05) is 13.8 Å². The fourth-order valence-electron chi connectivity index (χ4n) is 3.63. The molecule has 4 rings (SSSR count). The summed E-state index contributed by atoms with van der Waals surface area (Å²) in [5.41, 5.74) is 1.91. The maximum Gasteiger partial charge on any atom is 0.339 e. The van der Waals surface area contributed by atoms with Gasteiger partial charge < -0.3 is 8.92 Å². The normalized spacial score (nSPS) is 15.1. The van der Waals surface area contributed by atoms with E-state index in [9.17, 15) is 22.8 Å². The van der Waals surface area contributed by atoms with Crippen molar-refractivity contribution in [2.45, 2.75) is 25.2 Å². The monoisotopic (exact) mass is 520 g/mol. The molecule has 4 amide bonds. The number of imide groups is 2. The maximum absolute atomic E-state index is 13.3. The fraction of sp³-hybridized carbons (Fsp3) is 0.148. The third-order valence-electron chi connectivity index (χ3n) is 5.73. The summed E-state index contributed by atoms with van der Waals surface area (Å²) >= 11 is 0. The lowest BCUT2D eigenvalue weighted by Crippen LogP contribution is -2.54. The predicted molar refractivity (Wildman–Crippen MR) is 137 cm³/mol. The summed E-state index contributed by atoms with van der Waals surface area (Å²) in [7, 11) is -2.85. The number of carbonyl (C=O) groups excluding carboxylic acids is 3. The molecule has 1 aliphatic rings. The molecular formula is C27H24N2O7S. The lowest BCUT2D eigenvalue weighted by molar-refractivity contribution is -0.122. The molecule has 3 aromatic rings. The van der Waals surface area contributed by atoms with Gasteiger partial charge in [-0.2, -0.15) is 8.42 Å². The molecule has 1 heterocycles. The number of carbonyl (C=O) groups is 3. The number of barbiturate groups is 1. The Morgan fingerprint density at radius 1 is 0.946 bits per heavy atom. The molecule has 1 saturated heterocycles. The number of anilines is 1. The zero-order valence-corrected chi connectivity index (χ0v) is 21.2. The summed E-state index contributed by atoms with van der Waals surface area (Å²) in [5, 5.41) is 2.15. The Bertz CT molecular complexity index is 1510. The molecule has 3 aromatic carbocycles. The summed E-state index contributed by atoms with van der Waals surface area (Å²) in [6.45, 7) is 3.79. The molecule has 0 aliphatic carbocycles. The molecule has 1 aliphatic heterocycles. The van der Waals surface area contributed by atoms with E-state index in [-0.39, 0.29) is 27.5 Å². The number of nitrogens with one attached hydrogen (secondary N) is 1. The van der Waals surface area contributed by atoms with Gasteiger partial charge in [-0.15, -0.1) is 0 Å². The van der Waals surface area contributed by atoms with Crippen molar-refractivity contribution in [1.29, 1.82) is 0 Å². The minimum Gasteiger partial charge on any atom is -0.497 e. The van der Waals surface area contributed by atoms with Crippen LogP contribution in [-0.4, -0.2) is 33.4 Å². The molecule has 0 spiro atoms. The highest BCUT2D eigenvalue weighted by atomic mass is 32.2. The molecule has 0 atom stereocenters. The highest BCUT2D eigenvalue weighted by Crippen LogP contribution is 2.31. The number of hydrogen-bond donors (Lipinski definition) is 1. The van der Waals surface area contributed by atoms with Gasteiger partial charge in [-0.05, 0) is 61.4 Å². The minimum absolute atomic E-state index is 0.0710. The van der Waals surface area contributed by atoms with Crippen LogP contribution in [0.25, 0.3) is 6.08 Å². The average molecular weight is 521 g/mol. The van der Waals surface area contributed by atoms with Crippen molar-refractivity contribution in [2.75, 3.05) is 12.0 Å². The zero-order valence-electron chi connectivity index (χ0n) is 20.3. The second kappa shape index (κ2) is 10.3. The SMILES string of the molecule is CCc1ccc(N2C(=O)NC(=O)/C(=C\c3ccc(OC)cc3OS(=O)(=O)c3ccc(C)cc3)C2=O)cc1. The van der Waals surface area contributed by atoms with Crippen molar-refractivity contribution < 1.29 is 31.7 Å². The second-order valence-corrected chi connectivity index (χ2v) is 9.78. The third kappa shape index (κ3) is 5.39. The first-order chi connectivity index (χ1) is 17.6. The Hall–Kier alpha value is -4.44. The van der Waals surface area contributed by atoms with Crippen molar-refractivity contribution in [3.05, 3.63) is 89.0 Å². The van der Waals surface area contributed by atoms with E-state index in [2.05, 4.69) is 5.32 Å². The van der Waals surface area contributed by atoms with E-state index in [1.165, 1.54) is 43.5 Å². The molecule has 10 heteroatoms. The number of benzene rings is 3. The summed E-state index contributed by atoms with van der Waals surface area (Å²) in [6.07, 6.45) is 1.95. The van der Waals surface area contributed by atoms with E-state index in [0.29, 0.717) is 5.75 Å². The summed E-state index contributed by atoms with van der Waals surface area (Å²) in [5.74, 6) is -1.65. The van der Waals surface area contributed by atoms with Crippen LogP contribution < -0.4 is 19.1 Å². The number of urea groups is 1. The van der Waals surface area contributed by atoms with Crippen molar-refractivity contribution in [3.63, 3.8) is 0 Å². The Balaban J connectivity index is 1.74. The van der Waals surface area contributed by atoms with Gasteiger partial charge in [-0.25, -0.2) is 9.69 Å². The highest BCUT2D eigenvalue weighted by molar-refractivity contribution is 7.87. The van der Waals surface area contributed by atoms with E-state index < -0.39 is 28.0 Å². The van der Waals surface area contributed by atoms with Crippen molar-refractivity contribution in [1.82, 2.24) is 5.32 Å². The maximum atomic E-state index is 13.3. The standard InChI is InChI=1S/C27H24N2O7S/c1-4-18-7-10-20(11-8-18)29-26(31)23(25(30)28-27(29)32)15-19-9-12-21(35-3)16-24(19)36-37(33,34)22-13-5-17(2)6-14-22/h5-16H,4H2,1-3H3,(H,28,30,32)/b23-15+.